The minimum atomic E-state index is -4.47. The molecule has 0 bridgehead atoms. The molecule has 1 saturated heterocycles. The van der Waals surface area contributed by atoms with Crippen molar-refractivity contribution in [3.63, 3.8) is 0 Å². The summed E-state index contributed by atoms with van der Waals surface area (Å²) in [5.41, 5.74) is 4.62. The van der Waals surface area contributed by atoms with E-state index in [0.29, 0.717) is 25.6 Å². The van der Waals surface area contributed by atoms with Gasteiger partial charge >= 0.3 is 6.18 Å². The minimum absolute atomic E-state index is 0.0918. The fourth-order valence-corrected chi connectivity index (χ4v) is 4.28. The Morgan fingerprint density at radius 1 is 1.13 bits per heavy atom. The van der Waals surface area contributed by atoms with Crippen molar-refractivity contribution in [3.8, 4) is 0 Å². The molecular weight excluding hydrogens is 329 g/mol. The smallest absolute Gasteiger partial charge is 0.330 e. The van der Waals surface area contributed by atoms with Gasteiger partial charge in [-0.05, 0) is 62.4 Å². The van der Waals surface area contributed by atoms with Gasteiger partial charge in [0.2, 0.25) is 10.0 Å². The highest BCUT2D eigenvalue weighted by Crippen LogP contribution is 2.31. The molecule has 0 radical (unpaired) electrons. The van der Waals surface area contributed by atoms with Crippen molar-refractivity contribution in [2.45, 2.75) is 36.8 Å². The Balaban J connectivity index is 2.05. The standard InChI is InChI=1S/C15H21F3N2O2S/c16-15(17,18)13-3-5-14(6-4-13)23(21,22)20-10-7-12(8-11-20)2-1-9-19/h3-6,12H,1-2,7-11,19H2. The number of hydrogen-bond acceptors (Lipinski definition) is 3. The summed E-state index contributed by atoms with van der Waals surface area (Å²) >= 11 is 0. The lowest BCUT2D eigenvalue weighted by Crippen LogP contribution is -2.38. The molecule has 1 aliphatic rings. The topological polar surface area (TPSA) is 63.4 Å². The van der Waals surface area contributed by atoms with Crippen LogP contribution in [-0.2, 0) is 16.2 Å². The van der Waals surface area contributed by atoms with E-state index in [-0.39, 0.29) is 4.90 Å². The van der Waals surface area contributed by atoms with Crippen LogP contribution in [0.25, 0.3) is 0 Å². The van der Waals surface area contributed by atoms with Crippen LogP contribution in [0.4, 0.5) is 13.2 Å². The lowest BCUT2D eigenvalue weighted by atomic mass is 9.93. The van der Waals surface area contributed by atoms with Gasteiger partial charge in [0.05, 0.1) is 10.5 Å². The van der Waals surface area contributed by atoms with E-state index in [2.05, 4.69) is 0 Å². The molecule has 1 fully saturated rings. The van der Waals surface area contributed by atoms with Gasteiger partial charge in [0.1, 0.15) is 0 Å². The van der Waals surface area contributed by atoms with E-state index in [9.17, 15) is 21.6 Å². The first-order chi connectivity index (χ1) is 10.7. The maximum atomic E-state index is 12.5. The Hall–Kier alpha value is -1.12. The second-order valence-electron chi connectivity index (χ2n) is 5.80. The molecule has 0 aromatic heterocycles. The summed E-state index contributed by atoms with van der Waals surface area (Å²) in [6, 6.07) is 3.67. The van der Waals surface area contributed by atoms with E-state index in [4.69, 9.17) is 5.73 Å². The van der Waals surface area contributed by atoms with Gasteiger partial charge in [-0.1, -0.05) is 0 Å². The zero-order valence-electron chi connectivity index (χ0n) is 12.7. The van der Waals surface area contributed by atoms with Crippen LogP contribution in [0.1, 0.15) is 31.2 Å². The molecule has 0 atom stereocenters. The molecule has 2 N–H and O–H groups in total. The average Bonchev–Trinajstić information content (AvgIpc) is 2.52. The van der Waals surface area contributed by atoms with Crippen molar-refractivity contribution in [3.05, 3.63) is 29.8 Å². The van der Waals surface area contributed by atoms with Crippen molar-refractivity contribution in [1.82, 2.24) is 4.31 Å². The molecule has 130 valence electrons. The molecule has 1 aromatic carbocycles. The Morgan fingerprint density at radius 2 is 1.70 bits per heavy atom. The number of benzene rings is 1. The molecule has 0 unspecified atom stereocenters. The monoisotopic (exact) mass is 350 g/mol. The summed E-state index contributed by atoms with van der Waals surface area (Å²) in [6.07, 6.45) is -1.02. The van der Waals surface area contributed by atoms with Crippen molar-refractivity contribution < 1.29 is 21.6 Å². The van der Waals surface area contributed by atoms with E-state index in [1.54, 1.807) is 0 Å². The van der Waals surface area contributed by atoms with E-state index >= 15 is 0 Å². The molecule has 4 nitrogen and oxygen atoms in total. The van der Waals surface area contributed by atoms with Crippen molar-refractivity contribution in [2.75, 3.05) is 19.6 Å². The van der Waals surface area contributed by atoms with Crippen LogP contribution < -0.4 is 5.73 Å². The predicted octanol–water partition coefficient (Wildman–Crippen LogP) is 2.85. The van der Waals surface area contributed by atoms with Gasteiger partial charge in [-0.2, -0.15) is 17.5 Å². The maximum Gasteiger partial charge on any atom is 0.416 e. The fraction of sp³-hybridized carbons (Fsp3) is 0.600. The van der Waals surface area contributed by atoms with Crippen LogP contribution in [0.2, 0.25) is 0 Å². The van der Waals surface area contributed by atoms with Gasteiger partial charge in [0.15, 0.2) is 0 Å². The Morgan fingerprint density at radius 3 is 2.17 bits per heavy atom. The van der Waals surface area contributed by atoms with Gasteiger partial charge in [-0.15, -0.1) is 0 Å². The lowest BCUT2D eigenvalue weighted by molar-refractivity contribution is -0.137. The van der Waals surface area contributed by atoms with Gasteiger partial charge in [-0.25, -0.2) is 8.42 Å². The van der Waals surface area contributed by atoms with Gasteiger partial charge in [0, 0.05) is 13.1 Å². The van der Waals surface area contributed by atoms with E-state index in [1.165, 1.54) is 4.31 Å². The van der Waals surface area contributed by atoms with Crippen molar-refractivity contribution in [2.24, 2.45) is 11.7 Å². The molecule has 1 aromatic rings. The number of hydrogen-bond donors (Lipinski definition) is 1. The molecule has 0 spiro atoms. The summed E-state index contributed by atoms with van der Waals surface area (Å²) < 4.78 is 64.0. The van der Waals surface area contributed by atoms with Gasteiger partial charge in [0.25, 0.3) is 0 Å². The maximum absolute atomic E-state index is 12.5. The Labute approximate surface area is 134 Å². The summed E-state index contributed by atoms with van der Waals surface area (Å²) in [6.45, 7) is 1.43. The van der Waals surface area contributed by atoms with Crippen LogP contribution in [0.15, 0.2) is 29.2 Å². The lowest BCUT2D eigenvalue weighted by Gasteiger charge is -2.31. The van der Waals surface area contributed by atoms with Crippen LogP contribution in [0.5, 0.6) is 0 Å². The molecule has 0 amide bonds. The summed E-state index contributed by atoms with van der Waals surface area (Å²) in [5, 5.41) is 0. The molecule has 0 aliphatic carbocycles. The third-order valence-corrected chi connectivity index (χ3v) is 6.12. The number of piperidine rings is 1. The number of rotatable bonds is 5. The van der Waals surface area contributed by atoms with Gasteiger partial charge in [-0.3, -0.25) is 0 Å². The zero-order valence-corrected chi connectivity index (χ0v) is 13.5. The quantitative estimate of drug-likeness (QED) is 0.888. The van der Waals surface area contributed by atoms with Crippen LogP contribution >= 0.6 is 0 Å². The van der Waals surface area contributed by atoms with Crippen molar-refractivity contribution in [1.29, 1.82) is 0 Å². The Bertz CT molecular complexity index is 607. The first-order valence-electron chi connectivity index (χ1n) is 7.62. The predicted molar refractivity (Wildman–Crippen MR) is 81.2 cm³/mol. The number of alkyl halides is 3. The van der Waals surface area contributed by atoms with E-state index in [1.807, 2.05) is 0 Å². The minimum Gasteiger partial charge on any atom is -0.330 e. The summed E-state index contributed by atoms with van der Waals surface area (Å²) in [5.74, 6) is 0.470. The molecule has 2 rings (SSSR count). The summed E-state index contributed by atoms with van der Waals surface area (Å²) in [4.78, 5) is -0.0918. The van der Waals surface area contributed by atoms with E-state index in [0.717, 1.165) is 49.9 Å². The molecular formula is C15H21F3N2O2S. The van der Waals surface area contributed by atoms with Crippen LogP contribution in [0, 0.1) is 5.92 Å². The number of halogens is 3. The molecule has 1 aliphatic heterocycles. The highest BCUT2D eigenvalue weighted by atomic mass is 32.2. The first-order valence-corrected chi connectivity index (χ1v) is 9.06. The number of sulfonamides is 1. The fourth-order valence-electron chi connectivity index (χ4n) is 2.81. The highest BCUT2D eigenvalue weighted by Gasteiger charge is 2.32. The average molecular weight is 350 g/mol. The molecule has 8 heteroatoms. The first kappa shape index (κ1) is 18.2. The summed E-state index contributed by atoms with van der Waals surface area (Å²) in [7, 11) is -3.73. The molecule has 23 heavy (non-hydrogen) atoms. The largest absolute Gasteiger partial charge is 0.416 e. The normalized spacial score (nSPS) is 18.3. The molecule has 1 heterocycles. The highest BCUT2D eigenvalue weighted by molar-refractivity contribution is 7.89. The van der Waals surface area contributed by atoms with Crippen LogP contribution in [0.3, 0.4) is 0 Å². The Kier molecular flexibility index (Phi) is 5.70. The van der Waals surface area contributed by atoms with E-state index < -0.39 is 21.8 Å². The molecule has 0 saturated carbocycles. The second-order valence-corrected chi connectivity index (χ2v) is 7.74. The zero-order chi connectivity index (χ0) is 17.1. The third kappa shape index (κ3) is 4.45. The third-order valence-electron chi connectivity index (χ3n) is 4.21. The number of nitrogens with zero attached hydrogens (tertiary/aromatic N) is 1. The SMILES string of the molecule is NCCCC1CCN(S(=O)(=O)c2ccc(C(F)(F)F)cc2)CC1. The van der Waals surface area contributed by atoms with Gasteiger partial charge < -0.3 is 5.73 Å². The van der Waals surface area contributed by atoms with Crippen LogP contribution in [-0.4, -0.2) is 32.4 Å². The second kappa shape index (κ2) is 7.19. The van der Waals surface area contributed by atoms with Crippen molar-refractivity contribution >= 4 is 10.0 Å². The number of nitrogens with two attached hydrogens (primary N) is 1.